The van der Waals surface area contributed by atoms with E-state index in [4.69, 9.17) is 11.6 Å². The Bertz CT molecular complexity index is 1270. The van der Waals surface area contributed by atoms with Crippen molar-refractivity contribution >= 4 is 40.6 Å². The van der Waals surface area contributed by atoms with E-state index in [0.717, 1.165) is 10.5 Å². The molecule has 6 nitrogen and oxygen atoms in total. The van der Waals surface area contributed by atoms with Crippen LogP contribution >= 0.6 is 23.4 Å². The zero-order valence-electron chi connectivity index (χ0n) is 15.5. The molecule has 0 aliphatic carbocycles. The van der Waals surface area contributed by atoms with Crippen molar-refractivity contribution in [3.05, 3.63) is 93.5 Å². The maximum Gasteiger partial charge on any atom is 0.350 e. The summed E-state index contributed by atoms with van der Waals surface area (Å²) in [4.78, 5) is 26.1. The predicted octanol–water partition coefficient (Wildman–Crippen LogP) is 4.17. The molecule has 2 aromatic carbocycles. The number of fused-ring (bicyclic) bond motifs is 1. The Hall–Kier alpha value is -3.03. The number of nitrogens with zero attached hydrogens (tertiary/aromatic N) is 3. The number of hydrogen-bond donors (Lipinski definition) is 1. The van der Waals surface area contributed by atoms with Crippen molar-refractivity contribution in [2.75, 3.05) is 11.6 Å². The lowest BCUT2D eigenvalue weighted by Crippen LogP contribution is -2.21. The van der Waals surface area contributed by atoms with E-state index < -0.39 is 0 Å². The molecule has 0 atom stereocenters. The van der Waals surface area contributed by atoms with E-state index in [-0.39, 0.29) is 11.6 Å². The minimum absolute atomic E-state index is 0.212. The Morgan fingerprint density at radius 1 is 1.14 bits per heavy atom. The minimum atomic E-state index is -0.284. The van der Waals surface area contributed by atoms with Gasteiger partial charge in [0.05, 0.1) is 17.1 Å². The SMILES string of the molecule is CSc1ccc(Cl)c(C(=O)Nc2cccc(Cn3nc4ccccn4c3=O)c2)c1. The van der Waals surface area contributed by atoms with Crippen LogP contribution in [-0.2, 0) is 6.54 Å². The molecule has 2 aromatic heterocycles. The molecule has 0 aliphatic rings. The second-order valence-corrected chi connectivity index (χ2v) is 7.66. The van der Waals surface area contributed by atoms with Crippen LogP contribution in [0.3, 0.4) is 0 Å². The van der Waals surface area contributed by atoms with Gasteiger partial charge in [0.15, 0.2) is 5.65 Å². The number of anilines is 1. The molecule has 2 heterocycles. The highest BCUT2D eigenvalue weighted by molar-refractivity contribution is 7.98. The van der Waals surface area contributed by atoms with Gasteiger partial charge in [-0.05, 0) is 54.3 Å². The number of rotatable bonds is 5. The van der Waals surface area contributed by atoms with Gasteiger partial charge in [-0.3, -0.25) is 9.20 Å². The summed E-state index contributed by atoms with van der Waals surface area (Å²) in [5.74, 6) is -0.284. The second kappa shape index (κ2) is 8.14. The van der Waals surface area contributed by atoms with Gasteiger partial charge in [-0.15, -0.1) is 16.9 Å². The van der Waals surface area contributed by atoms with Gasteiger partial charge in [0, 0.05) is 16.8 Å². The number of pyridine rings is 1. The maximum absolute atomic E-state index is 12.7. The van der Waals surface area contributed by atoms with Gasteiger partial charge in [0.25, 0.3) is 5.91 Å². The van der Waals surface area contributed by atoms with Crippen LogP contribution in [0.15, 0.2) is 76.6 Å². The van der Waals surface area contributed by atoms with Crippen molar-refractivity contribution in [2.45, 2.75) is 11.4 Å². The van der Waals surface area contributed by atoms with Gasteiger partial charge in [-0.1, -0.05) is 29.8 Å². The summed E-state index contributed by atoms with van der Waals surface area (Å²) in [6.45, 7) is 0.299. The number of amides is 1. The monoisotopic (exact) mass is 424 g/mol. The third-order valence-electron chi connectivity index (χ3n) is 4.42. The molecule has 29 heavy (non-hydrogen) atoms. The van der Waals surface area contributed by atoms with E-state index >= 15 is 0 Å². The molecule has 1 N–H and O–H groups in total. The molecule has 8 heteroatoms. The summed E-state index contributed by atoms with van der Waals surface area (Å²) in [5.41, 5.74) is 2.26. The van der Waals surface area contributed by atoms with Gasteiger partial charge in [0.2, 0.25) is 0 Å². The molecule has 4 aromatic rings. The van der Waals surface area contributed by atoms with E-state index in [1.165, 1.54) is 9.08 Å². The molecule has 146 valence electrons. The van der Waals surface area contributed by atoms with Crippen molar-refractivity contribution < 1.29 is 4.79 Å². The molecule has 0 spiro atoms. The fraction of sp³-hybridized carbons (Fsp3) is 0.0952. The minimum Gasteiger partial charge on any atom is -0.322 e. The average Bonchev–Trinajstić information content (AvgIpc) is 3.04. The third kappa shape index (κ3) is 4.06. The number of carbonyl (C=O) groups excluding carboxylic acids is 1. The van der Waals surface area contributed by atoms with Crippen LogP contribution in [0.4, 0.5) is 5.69 Å². The molecule has 0 aliphatic heterocycles. The first-order valence-corrected chi connectivity index (χ1v) is 10.4. The van der Waals surface area contributed by atoms with Crippen LogP contribution < -0.4 is 11.0 Å². The van der Waals surface area contributed by atoms with Crippen LogP contribution in [0.25, 0.3) is 5.65 Å². The molecule has 1 amide bonds. The standard InChI is InChI=1S/C21H17ClN4O2S/c1-29-16-8-9-18(22)17(12-16)20(27)23-15-6-4-5-14(11-15)13-26-21(28)25-10-3-2-7-19(25)24-26/h2-12H,13H2,1H3,(H,23,27). The van der Waals surface area contributed by atoms with Crippen LogP contribution in [0.1, 0.15) is 15.9 Å². The average molecular weight is 425 g/mol. The fourth-order valence-corrected chi connectivity index (χ4v) is 3.64. The first-order chi connectivity index (χ1) is 14.0. The van der Waals surface area contributed by atoms with Crippen LogP contribution in [0, 0.1) is 0 Å². The second-order valence-electron chi connectivity index (χ2n) is 6.37. The third-order valence-corrected chi connectivity index (χ3v) is 5.48. The number of halogens is 1. The van der Waals surface area contributed by atoms with Crippen molar-refractivity contribution in [3.8, 4) is 0 Å². The summed E-state index contributed by atoms with van der Waals surface area (Å²) in [6, 6.07) is 18.1. The quantitative estimate of drug-likeness (QED) is 0.488. The van der Waals surface area contributed by atoms with Gasteiger partial charge < -0.3 is 5.32 Å². The van der Waals surface area contributed by atoms with E-state index in [1.807, 2.05) is 36.6 Å². The topological polar surface area (TPSA) is 68.4 Å². The van der Waals surface area contributed by atoms with Gasteiger partial charge in [-0.25, -0.2) is 9.48 Å². The van der Waals surface area contributed by atoms with Crippen molar-refractivity contribution in [3.63, 3.8) is 0 Å². The Morgan fingerprint density at radius 2 is 2.00 bits per heavy atom. The molecule has 0 radical (unpaired) electrons. The van der Waals surface area contributed by atoms with Crippen LogP contribution in [0.5, 0.6) is 0 Å². The van der Waals surface area contributed by atoms with Crippen LogP contribution in [-0.4, -0.2) is 26.3 Å². The molecule has 0 fully saturated rings. The van der Waals surface area contributed by atoms with E-state index in [9.17, 15) is 9.59 Å². The van der Waals surface area contributed by atoms with E-state index in [2.05, 4.69) is 10.4 Å². The van der Waals surface area contributed by atoms with Crippen molar-refractivity contribution in [1.29, 1.82) is 0 Å². The lowest BCUT2D eigenvalue weighted by atomic mass is 10.1. The molecular weight excluding hydrogens is 408 g/mol. The summed E-state index contributed by atoms with van der Waals surface area (Å²) >= 11 is 7.73. The van der Waals surface area contributed by atoms with E-state index in [1.54, 1.807) is 48.3 Å². The normalized spacial score (nSPS) is 11.0. The maximum atomic E-state index is 12.7. The highest BCUT2D eigenvalue weighted by Gasteiger charge is 2.12. The Kier molecular flexibility index (Phi) is 5.42. The number of nitrogens with one attached hydrogen (secondary N) is 1. The predicted molar refractivity (Wildman–Crippen MR) is 116 cm³/mol. The first-order valence-electron chi connectivity index (χ1n) is 8.83. The van der Waals surface area contributed by atoms with Gasteiger partial charge >= 0.3 is 5.69 Å². The molecule has 0 saturated heterocycles. The fourth-order valence-electron chi connectivity index (χ4n) is 3.00. The molecule has 0 unspecified atom stereocenters. The summed E-state index contributed by atoms with van der Waals surface area (Å²) < 4.78 is 2.89. The largest absolute Gasteiger partial charge is 0.350 e. The number of thioether (sulfide) groups is 1. The number of carbonyl (C=O) groups is 1. The molecule has 0 bridgehead atoms. The number of benzene rings is 2. The highest BCUT2D eigenvalue weighted by Crippen LogP contribution is 2.24. The number of hydrogen-bond acceptors (Lipinski definition) is 4. The number of aromatic nitrogens is 3. The summed E-state index contributed by atoms with van der Waals surface area (Å²) in [7, 11) is 0. The van der Waals surface area contributed by atoms with Crippen molar-refractivity contribution in [1.82, 2.24) is 14.2 Å². The summed E-state index contributed by atoms with van der Waals surface area (Å²) in [6.07, 6.45) is 3.62. The Labute approximate surface area is 176 Å². The zero-order valence-corrected chi connectivity index (χ0v) is 17.1. The van der Waals surface area contributed by atoms with Gasteiger partial charge in [-0.2, -0.15) is 0 Å². The zero-order chi connectivity index (χ0) is 20.4. The molecule has 0 saturated carbocycles. The molecule has 4 rings (SSSR count). The lowest BCUT2D eigenvalue weighted by Gasteiger charge is -2.09. The van der Waals surface area contributed by atoms with E-state index in [0.29, 0.717) is 28.5 Å². The first kappa shape index (κ1) is 19.3. The van der Waals surface area contributed by atoms with Crippen molar-refractivity contribution in [2.24, 2.45) is 0 Å². The Morgan fingerprint density at radius 3 is 2.79 bits per heavy atom. The lowest BCUT2D eigenvalue weighted by molar-refractivity contribution is 0.102. The van der Waals surface area contributed by atoms with Gasteiger partial charge in [0.1, 0.15) is 0 Å². The smallest absolute Gasteiger partial charge is 0.322 e. The van der Waals surface area contributed by atoms with Crippen LogP contribution in [0.2, 0.25) is 5.02 Å². The highest BCUT2D eigenvalue weighted by atomic mass is 35.5. The Balaban J connectivity index is 1.56. The summed E-state index contributed by atoms with van der Waals surface area (Å²) in [5, 5.41) is 7.60. The molecular formula is C21H17ClN4O2S.